The zero-order chi connectivity index (χ0) is 11.1. The third-order valence-corrected chi connectivity index (χ3v) is 3.24. The second-order valence-electron chi connectivity index (χ2n) is 4.24. The molecule has 1 heterocycles. The highest BCUT2D eigenvalue weighted by Gasteiger charge is 2.17. The van der Waals surface area contributed by atoms with Crippen molar-refractivity contribution in [2.75, 3.05) is 0 Å². The van der Waals surface area contributed by atoms with Crippen LogP contribution in [0.4, 0.5) is 0 Å². The summed E-state index contributed by atoms with van der Waals surface area (Å²) in [6.45, 7) is 0. The molecule has 16 heavy (non-hydrogen) atoms. The molecule has 0 spiro atoms. The molecule has 0 saturated carbocycles. The number of aryl methyl sites for hydroxylation is 2. The van der Waals surface area contributed by atoms with Crippen molar-refractivity contribution in [1.29, 1.82) is 0 Å². The van der Waals surface area contributed by atoms with E-state index >= 15 is 0 Å². The van der Waals surface area contributed by atoms with E-state index in [2.05, 4.69) is 6.07 Å². The second kappa shape index (κ2) is 3.37. The number of furan rings is 1. The van der Waals surface area contributed by atoms with E-state index in [9.17, 15) is 4.79 Å². The van der Waals surface area contributed by atoms with Gasteiger partial charge in [-0.15, -0.1) is 0 Å². The van der Waals surface area contributed by atoms with Crippen LogP contribution in [0.5, 0.6) is 0 Å². The Balaban J connectivity index is 2.26. The molecule has 0 saturated heterocycles. The number of aromatic carboxylic acids is 1. The van der Waals surface area contributed by atoms with Crippen LogP contribution >= 0.6 is 0 Å². The minimum Gasteiger partial charge on any atom is -0.475 e. The molecule has 0 aliphatic heterocycles. The number of carboxylic acids is 1. The van der Waals surface area contributed by atoms with E-state index in [1.807, 2.05) is 6.07 Å². The summed E-state index contributed by atoms with van der Waals surface area (Å²) < 4.78 is 5.30. The van der Waals surface area contributed by atoms with Crippen LogP contribution in [-0.2, 0) is 12.8 Å². The molecule has 0 unspecified atom stereocenters. The van der Waals surface area contributed by atoms with Gasteiger partial charge in [0, 0.05) is 5.39 Å². The molecule has 1 aromatic heterocycles. The van der Waals surface area contributed by atoms with Crippen molar-refractivity contribution in [2.24, 2.45) is 0 Å². The minimum absolute atomic E-state index is 0.0361. The van der Waals surface area contributed by atoms with Crippen LogP contribution < -0.4 is 0 Å². The van der Waals surface area contributed by atoms with E-state index < -0.39 is 5.97 Å². The van der Waals surface area contributed by atoms with Gasteiger partial charge in [-0.2, -0.15) is 0 Å². The summed E-state index contributed by atoms with van der Waals surface area (Å²) in [5.74, 6) is -0.963. The van der Waals surface area contributed by atoms with Gasteiger partial charge < -0.3 is 9.52 Å². The maximum absolute atomic E-state index is 10.8. The molecular formula is C13H12O3. The van der Waals surface area contributed by atoms with E-state index in [1.165, 1.54) is 24.0 Å². The minimum atomic E-state index is -0.999. The molecule has 3 rings (SSSR count). The lowest BCUT2D eigenvalue weighted by Crippen LogP contribution is -2.02. The van der Waals surface area contributed by atoms with E-state index in [-0.39, 0.29) is 5.76 Å². The quantitative estimate of drug-likeness (QED) is 0.797. The zero-order valence-corrected chi connectivity index (χ0v) is 8.82. The fourth-order valence-corrected chi connectivity index (χ4v) is 2.47. The van der Waals surface area contributed by atoms with Crippen molar-refractivity contribution in [3.05, 3.63) is 35.1 Å². The lowest BCUT2D eigenvalue weighted by Gasteiger charge is -2.15. The Labute approximate surface area is 92.7 Å². The van der Waals surface area contributed by atoms with Gasteiger partial charge in [-0.25, -0.2) is 4.79 Å². The second-order valence-corrected chi connectivity index (χ2v) is 4.24. The van der Waals surface area contributed by atoms with Crippen LogP contribution in [0.25, 0.3) is 11.0 Å². The number of benzene rings is 1. The Morgan fingerprint density at radius 2 is 2.06 bits per heavy atom. The van der Waals surface area contributed by atoms with Crippen LogP contribution in [0.1, 0.15) is 34.5 Å². The molecule has 0 fully saturated rings. The van der Waals surface area contributed by atoms with Crippen LogP contribution in [0, 0.1) is 0 Å². The summed E-state index contributed by atoms with van der Waals surface area (Å²) in [6, 6.07) is 5.60. The molecule has 1 aromatic carbocycles. The number of carboxylic acid groups (broad SMARTS) is 1. The van der Waals surface area contributed by atoms with Gasteiger partial charge in [0.1, 0.15) is 5.58 Å². The molecule has 2 aromatic rings. The van der Waals surface area contributed by atoms with Crippen molar-refractivity contribution in [3.8, 4) is 0 Å². The third kappa shape index (κ3) is 1.32. The predicted molar refractivity (Wildman–Crippen MR) is 59.8 cm³/mol. The number of rotatable bonds is 1. The smallest absolute Gasteiger partial charge is 0.371 e. The fourth-order valence-electron chi connectivity index (χ4n) is 2.47. The largest absolute Gasteiger partial charge is 0.475 e. The highest BCUT2D eigenvalue weighted by atomic mass is 16.4. The first-order chi connectivity index (χ1) is 7.75. The van der Waals surface area contributed by atoms with Gasteiger partial charge in [-0.1, -0.05) is 6.07 Å². The Bertz CT molecular complexity index is 566. The van der Waals surface area contributed by atoms with Gasteiger partial charge in [0.2, 0.25) is 5.76 Å². The third-order valence-electron chi connectivity index (χ3n) is 3.24. The molecule has 0 radical (unpaired) electrons. The number of carbonyl (C=O) groups is 1. The van der Waals surface area contributed by atoms with Crippen LogP contribution in [0.3, 0.4) is 0 Å². The highest BCUT2D eigenvalue weighted by molar-refractivity contribution is 5.93. The molecule has 0 atom stereocenters. The molecule has 82 valence electrons. The van der Waals surface area contributed by atoms with E-state index in [4.69, 9.17) is 9.52 Å². The van der Waals surface area contributed by atoms with Crippen molar-refractivity contribution in [3.63, 3.8) is 0 Å². The predicted octanol–water partition coefficient (Wildman–Crippen LogP) is 3.01. The SMILES string of the molecule is O=C(O)c1cc2c3c(ccc2o1)CCCC3. The van der Waals surface area contributed by atoms with Crippen molar-refractivity contribution < 1.29 is 14.3 Å². The van der Waals surface area contributed by atoms with Crippen LogP contribution in [0.2, 0.25) is 0 Å². The van der Waals surface area contributed by atoms with E-state index in [0.29, 0.717) is 5.58 Å². The normalized spacial score (nSPS) is 15.0. The first-order valence-electron chi connectivity index (χ1n) is 5.53. The summed E-state index contributed by atoms with van der Waals surface area (Å²) in [4.78, 5) is 10.8. The maximum atomic E-state index is 10.8. The molecule has 3 heteroatoms. The average Bonchev–Trinajstić information content (AvgIpc) is 2.73. The van der Waals surface area contributed by atoms with Gasteiger partial charge in [0.15, 0.2) is 0 Å². The lowest BCUT2D eigenvalue weighted by atomic mass is 9.89. The van der Waals surface area contributed by atoms with Gasteiger partial charge in [0.25, 0.3) is 0 Å². The number of hydrogen-bond acceptors (Lipinski definition) is 2. The number of hydrogen-bond donors (Lipinski definition) is 1. The van der Waals surface area contributed by atoms with E-state index in [0.717, 1.165) is 18.2 Å². The van der Waals surface area contributed by atoms with Crippen molar-refractivity contribution in [1.82, 2.24) is 0 Å². The summed E-state index contributed by atoms with van der Waals surface area (Å²) in [6.07, 6.45) is 4.53. The molecule has 0 bridgehead atoms. The molecule has 0 amide bonds. The Hall–Kier alpha value is -1.77. The summed E-state index contributed by atoms with van der Waals surface area (Å²) in [5.41, 5.74) is 3.31. The number of fused-ring (bicyclic) bond motifs is 3. The van der Waals surface area contributed by atoms with Crippen LogP contribution in [-0.4, -0.2) is 11.1 Å². The topological polar surface area (TPSA) is 50.4 Å². The Morgan fingerprint density at radius 1 is 1.25 bits per heavy atom. The first-order valence-corrected chi connectivity index (χ1v) is 5.53. The molecular weight excluding hydrogens is 204 g/mol. The maximum Gasteiger partial charge on any atom is 0.371 e. The van der Waals surface area contributed by atoms with E-state index in [1.54, 1.807) is 6.07 Å². The van der Waals surface area contributed by atoms with Gasteiger partial charge in [0.05, 0.1) is 0 Å². The summed E-state index contributed by atoms with van der Waals surface area (Å²) in [5, 5.41) is 9.88. The van der Waals surface area contributed by atoms with Gasteiger partial charge >= 0.3 is 5.97 Å². The molecule has 1 aliphatic carbocycles. The van der Waals surface area contributed by atoms with Gasteiger partial charge in [-0.3, -0.25) is 0 Å². The summed E-state index contributed by atoms with van der Waals surface area (Å²) >= 11 is 0. The zero-order valence-electron chi connectivity index (χ0n) is 8.82. The lowest BCUT2D eigenvalue weighted by molar-refractivity contribution is 0.0665. The van der Waals surface area contributed by atoms with Crippen LogP contribution in [0.15, 0.2) is 22.6 Å². The fraction of sp³-hybridized carbons (Fsp3) is 0.308. The molecule has 1 N–H and O–H groups in total. The van der Waals surface area contributed by atoms with Gasteiger partial charge in [-0.05, 0) is 48.9 Å². The van der Waals surface area contributed by atoms with Crippen molar-refractivity contribution >= 4 is 16.9 Å². The first kappa shape index (κ1) is 9.46. The van der Waals surface area contributed by atoms with Crippen molar-refractivity contribution in [2.45, 2.75) is 25.7 Å². The average molecular weight is 216 g/mol. The Kier molecular flexibility index (Phi) is 1.99. The summed E-state index contributed by atoms with van der Waals surface area (Å²) in [7, 11) is 0. The molecule has 1 aliphatic rings. The highest BCUT2D eigenvalue weighted by Crippen LogP contribution is 2.31. The monoisotopic (exact) mass is 216 g/mol. The molecule has 3 nitrogen and oxygen atoms in total. The Morgan fingerprint density at radius 3 is 2.88 bits per heavy atom. The standard InChI is InChI=1S/C13H12O3/c14-13(15)12-7-10-9-4-2-1-3-8(9)5-6-11(10)16-12/h5-7H,1-4H2,(H,14,15).